The Hall–Kier alpha value is -0.570. The highest BCUT2D eigenvalue weighted by atomic mass is 16.2. The SMILES string of the molecule is CCC1CC1NC(=O)C(C)C1CNC1. The van der Waals surface area contributed by atoms with Crippen molar-refractivity contribution in [2.45, 2.75) is 32.7 Å². The molecule has 0 aromatic rings. The normalized spacial score (nSPS) is 33.3. The van der Waals surface area contributed by atoms with E-state index in [9.17, 15) is 4.79 Å². The van der Waals surface area contributed by atoms with Gasteiger partial charge in [-0.1, -0.05) is 20.3 Å². The van der Waals surface area contributed by atoms with Crippen molar-refractivity contribution in [2.75, 3.05) is 13.1 Å². The predicted molar refractivity (Wildman–Crippen MR) is 55.9 cm³/mol. The van der Waals surface area contributed by atoms with Crippen LogP contribution in [0.4, 0.5) is 0 Å². The summed E-state index contributed by atoms with van der Waals surface area (Å²) in [6.45, 7) is 6.26. The maximum atomic E-state index is 11.8. The van der Waals surface area contributed by atoms with Gasteiger partial charge in [0.15, 0.2) is 0 Å². The summed E-state index contributed by atoms with van der Waals surface area (Å²) in [7, 11) is 0. The Morgan fingerprint density at radius 3 is 2.71 bits per heavy atom. The minimum absolute atomic E-state index is 0.189. The topological polar surface area (TPSA) is 41.1 Å². The molecule has 1 amide bonds. The molecular weight excluding hydrogens is 176 g/mol. The number of carbonyl (C=O) groups is 1. The maximum absolute atomic E-state index is 11.8. The fourth-order valence-electron chi connectivity index (χ4n) is 2.07. The lowest BCUT2D eigenvalue weighted by Gasteiger charge is -2.31. The van der Waals surface area contributed by atoms with E-state index in [4.69, 9.17) is 0 Å². The van der Waals surface area contributed by atoms with Crippen LogP contribution in [-0.4, -0.2) is 25.0 Å². The van der Waals surface area contributed by atoms with Crippen molar-refractivity contribution < 1.29 is 4.79 Å². The van der Waals surface area contributed by atoms with Crippen molar-refractivity contribution in [3.05, 3.63) is 0 Å². The molecule has 2 fully saturated rings. The van der Waals surface area contributed by atoms with E-state index in [0.717, 1.165) is 19.0 Å². The molecule has 2 aliphatic rings. The van der Waals surface area contributed by atoms with Crippen molar-refractivity contribution >= 4 is 5.91 Å². The number of amides is 1. The molecule has 2 N–H and O–H groups in total. The predicted octanol–water partition coefficient (Wildman–Crippen LogP) is 0.757. The molecule has 3 unspecified atom stereocenters. The first kappa shape index (κ1) is 9.97. The van der Waals surface area contributed by atoms with Crippen molar-refractivity contribution in [3.63, 3.8) is 0 Å². The average Bonchev–Trinajstić information content (AvgIpc) is 2.80. The van der Waals surface area contributed by atoms with Crippen molar-refractivity contribution in [1.82, 2.24) is 10.6 Å². The van der Waals surface area contributed by atoms with Gasteiger partial charge in [0.25, 0.3) is 0 Å². The molecule has 80 valence electrons. The minimum atomic E-state index is 0.189. The molecule has 3 atom stereocenters. The molecule has 0 aromatic carbocycles. The Labute approximate surface area is 85.6 Å². The molecular formula is C11H20N2O. The van der Waals surface area contributed by atoms with Gasteiger partial charge in [-0.05, 0) is 31.3 Å². The van der Waals surface area contributed by atoms with E-state index < -0.39 is 0 Å². The van der Waals surface area contributed by atoms with Gasteiger partial charge in [-0.25, -0.2) is 0 Å². The van der Waals surface area contributed by atoms with Gasteiger partial charge < -0.3 is 10.6 Å². The van der Waals surface area contributed by atoms with Crippen LogP contribution in [0.2, 0.25) is 0 Å². The summed E-state index contributed by atoms with van der Waals surface area (Å²) in [6, 6.07) is 0.489. The first-order valence-corrected chi connectivity index (χ1v) is 5.73. The summed E-state index contributed by atoms with van der Waals surface area (Å²) in [5, 5.41) is 6.34. The second kappa shape index (κ2) is 3.89. The van der Waals surface area contributed by atoms with Gasteiger partial charge in [-0.2, -0.15) is 0 Å². The molecule has 1 aliphatic heterocycles. The van der Waals surface area contributed by atoms with Gasteiger partial charge in [-0.3, -0.25) is 4.79 Å². The van der Waals surface area contributed by atoms with Crippen molar-refractivity contribution in [2.24, 2.45) is 17.8 Å². The lowest BCUT2D eigenvalue weighted by Crippen LogP contribution is -2.50. The van der Waals surface area contributed by atoms with Gasteiger partial charge in [-0.15, -0.1) is 0 Å². The lowest BCUT2D eigenvalue weighted by atomic mass is 9.88. The highest BCUT2D eigenvalue weighted by Crippen LogP contribution is 2.33. The zero-order chi connectivity index (χ0) is 10.1. The maximum Gasteiger partial charge on any atom is 0.223 e. The smallest absolute Gasteiger partial charge is 0.223 e. The number of hydrogen-bond acceptors (Lipinski definition) is 2. The molecule has 0 radical (unpaired) electrons. The van der Waals surface area contributed by atoms with E-state index in [1.165, 1.54) is 12.8 Å². The quantitative estimate of drug-likeness (QED) is 0.697. The van der Waals surface area contributed by atoms with Crippen LogP contribution in [0.5, 0.6) is 0 Å². The Bertz CT molecular complexity index is 225. The molecule has 0 bridgehead atoms. The Morgan fingerprint density at radius 1 is 1.57 bits per heavy atom. The van der Waals surface area contributed by atoms with Crippen molar-refractivity contribution in [1.29, 1.82) is 0 Å². The van der Waals surface area contributed by atoms with E-state index in [2.05, 4.69) is 17.6 Å². The molecule has 2 rings (SSSR count). The number of hydrogen-bond donors (Lipinski definition) is 2. The second-order valence-corrected chi connectivity index (χ2v) is 4.73. The molecule has 3 heteroatoms. The van der Waals surface area contributed by atoms with Gasteiger partial charge in [0.2, 0.25) is 5.91 Å². The molecule has 1 saturated carbocycles. The zero-order valence-corrected chi connectivity index (χ0v) is 9.05. The number of rotatable bonds is 4. The van der Waals surface area contributed by atoms with E-state index in [-0.39, 0.29) is 11.8 Å². The standard InChI is InChI=1S/C11H20N2O/c1-3-8-4-10(8)13-11(14)7(2)9-5-12-6-9/h7-10,12H,3-6H2,1-2H3,(H,13,14). The zero-order valence-electron chi connectivity index (χ0n) is 9.05. The summed E-state index contributed by atoms with van der Waals surface area (Å²) >= 11 is 0. The van der Waals surface area contributed by atoms with Crippen LogP contribution in [0.3, 0.4) is 0 Å². The molecule has 3 nitrogen and oxygen atoms in total. The van der Waals surface area contributed by atoms with E-state index in [0.29, 0.717) is 12.0 Å². The van der Waals surface area contributed by atoms with Crippen LogP contribution < -0.4 is 10.6 Å². The van der Waals surface area contributed by atoms with Crippen LogP contribution >= 0.6 is 0 Å². The molecule has 1 heterocycles. The third kappa shape index (κ3) is 1.92. The molecule has 0 aromatic heterocycles. The first-order chi connectivity index (χ1) is 6.72. The number of nitrogens with one attached hydrogen (secondary N) is 2. The second-order valence-electron chi connectivity index (χ2n) is 4.73. The minimum Gasteiger partial charge on any atom is -0.353 e. The third-order valence-electron chi connectivity index (χ3n) is 3.71. The summed E-state index contributed by atoms with van der Waals surface area (Å²) < 4.78 is 0. The first-order valence-electron chi connectivity index (χ1n) is 5.73. The van der Waals surface area contributed by atoms with E-state index >= 15 is 0 Å². The largest absolute Gasteiger partial charge is 0.353 e. The fraction of sp³-hybridized carbons (Fsp3) is 0.909. The van der Waals surface area contributed by atoms with Crippen LogP contribution in [0.1, 0.15) is 26.7 Å². The number of carbonyl (C=O) groups excluding carboxylic acids is 1. The fourth-order valence-corrected chi connectivity index (χ4v) is 2.07. The Balaban J connectivity index is 1.72. The van der Waals surface area contributed by atoms with Crippen LogP contribution in [-0.2, 0) is 4.79 Å². The van der Waals surface area contributed by atoms with Crippen LogP contribution in [0.25, 0.3) is 0 Å². The average molecular weight is 196 g/mol. The lowest BCUT2D eigenvalue weighted by molar-refractivity contribution is -0.126. The Kier molecular flexibility index (Phi) is 2.77. The molecule has 1 saturated heterocycles. The van der Waals surface area contributed by atoms with Crippen molar-refractivity contribution in [3.8, 4) is 0 Å². The van der Waals surface area contributed by atoms with Gasteiger partial charge in [0.1, 0.15) is 0 Å². The molecule has 14 heavy (non-hydrogen) atoms. The van der Waals surface area contributed by atoms with Crippen LogP contribution in [0.15, 0.2) is 0 Å². The third-order valence-corrected chi connectivity index (χ3v) is 3.71. The van der Waals surface area contributed by atoms with E-state index in [1.807, 2.05) is 6.92 Å². The summed E-state index contributed by atoms with van der Waals surface area (Å²) in [4.78, 5) is 11.8. The van der Waals surface area contributed by atoms with Crippen LogP contribution in [0, 0.1) is 17.8 Å². The van der Waals surface area contributed by atoms with Gasteiger partial charge >= 0.3 is 0 Å². The van der Waals surface area contributed by atoms with E-state index in [1.54, 1.807) is 0 Å². The summed E-state index contributed by atoms with van der Waals surface area (Å²) in [5.41, 5.74) is 0. The molecule has 1 aliphatic carbocycles. The molecule has 0 spiro atoms. The highest BCUT2D eigenvalue weighted by Gasteiger charge is 2.38. The van der Waals surface area contributed by atoms with Gasteiger partial charge in [0.05, 0.1) is 0 Å². The Morgan fingerprint density at radius 2 is 2.29 bits per heavy atom. The monoisotopic (exact) mass is 196 g/mol. The van der Waals surface area contributed by atoms with Gasteiger partial charge in [0, 0.05) is 12.0 Å². The summed E-state index contributed by atoms with van der Waals surface area (Å²) in [6.07, 6.45) is 2.39. The highest BCUT2D eigenvalue weighted by molar-refractivity contribution is 5.79. The summed E-state index contributed by atoms with van der Waals surface area (Å²) in [5.74, 6) is 1.77.